The van der Waals surface area contributed by atoms with E-state index in [4.69, 9.17) is 0 Å². The van der Waals surface area contributed by atoms with Gasteiger partial charge >= 0.3 is 0 Å². The Kier molecular flexibility index (Phi) is 8.17. The van der Waals surface area contributed by atoms with Crippen LogP contribution in [0.2, 0.25) is 0 Å². The topological polar surface area (TPSA) is 3.24 Å². The minimum atomic E-state index is 1.07. The van der Waals surface area contributed by atoms with Gasteiger partial charge in [-0.2, -0.15) is 0 Å². The lowest BCUT2D eigenvalue weighted by Gasteiger charge is -2.21. The molecule has 1 nitrogen and oxygen atoms in total. The van der Waals surface area contributed by atoms with Gasteiger partial charge in [-0.15, -0.1) is 0 Å². The summed E-state index contributed by atoms with van der Waals surface area (Å²) in [5.41, 5.74) is 1.41. The van der Waals surface area contributed by atoms with Crippen LogP contribution >= 0.6 is 31.9 Å². The van der Waals surface area contributed by atoms with E-state index in [0.29, 0.717) is 0 Å². The number of halogens is 2. The number of alkyl halides is 2. The Morgan fingerprint density at radius 2 is 1.44 bits per heavy atom. The zero-order valence-corrected chi connectivity index (χ0v) is 12.7. The van der Waals surface area contributed by atoms with Gasteiger partial charge in [-0.3, -0.25) is 4.90 Å². The van der Waals surface area contributed by atoms with E-state index in [9.17, 15) is 0 Å². The predicted molar refractivity (Wildman–Crippen MR) is 78.5 cm³/mol. The maximum absolute atomic E-state index is 3.50. The molecule has 0 aliphatic heterocycles. The molecule has 90 valence electrons. The second-order valence-electron chi connectivity index (χ2n) is 3.85. The van der Waals surface area contributed by atoms with Crippen LogP contribution < -0.4 is 0 Å². The van der Waals surface area contributed by atoms with Crippen LogP contribution in [0.4, 0.5) is 0 Å². The Morgan fingerprint density at radius 3 is 1.94 bits per heavy atom. The monoisotopic (exact) mass is 347 g/mol. The van der Waals surface area contributed by atoms with Crippen molar-refractivity contribution in [1.82, 2.24) is 4.90 Å². The van der Waals surface area contributed by atoms with Gasteiger partial charge in [0.1, 0.15) is 0 Å². The van der Waals surface area contributed by atoms with E-state index >= 15 is 0 Å². The highest BCUT2D eigenvalue weighted by Crippen LogP contribution is 2.07. The van der Waals surface area contributed by atoms with E-state index in [1.165, 1.54) is 31.5 Å². The van der Waals surface area contributed by atoms with Gasteiger partial charge in [-0.05, 0) is 31.5 Å². The molecule has 0 atom stereocenters. The van der Waals surface area contributed by atoms with E-state index < -0.39 is 0 Å². The SMILES string of the molecule is BrCCCN(CCCBr)Cc1ccccc1. The van der Waals surface area contributed by atoms with Crippen LogP contribution in [0.15, 0.2) is 30.3 Å². The fourth-order valence-corrected chi connectivity index (χ4v) is 2.18. The van der Waals surface area contributed by atoms with Crippen molar-refractivity contribution >= 4 is 31.9 Å². The summed E-state index contributed by atoms with van der Waals surface area (Å²) in [6, 6.07) is 10.7. The van der Waals surface area contributed by atoms with E-state index in [1.807, 2.05) is 0 Å². The summed E-state index contributed by atoms with van der Waals surface area (Å²) in [5.74, 6) is 0. The summed E-state index contributed by atoms with van der Waals surface area (Å²) in [4.78, 5) is 2.53. The molecule has 0 radical (unpaired) electrons. The van der Waals surface area contributed by atoms with E-state index in [2.05, 4.69) is 67.1 Å². The molecule has 3 heteroatoms. The van der Waals surface area contributed by atoms with Gasteiger partial charge in [-0.25, -0.2) is 0 Å². The lowest BCUT2D eigenvalue weighted by molar-refractivity contribution is 0.268. The second kappa shape index (κ2) is 9.20. The summed E-state index contributed by atoms with van der Waals surface area (Å²) < 4.78 is 0. The molecule has 0 N–H and O–H groups in total. The second-order valence-corrected chi connectivity index (χ2v) is 5.43. The predicted octanol–water partition coefficient (Wildman–Crippen LogP) is 4.06. The standard InChI is InChI=1S/C13H19Br2N/c14-8-4-10-16(11-5-9-15)12-13-6-2-1-3-7-13/h1-3,6-7H,4-5,8-12H2. The Labute approximate surface area is 115 Å². The van der Waals surface area contributed by atoms with Crippen LogP contribution in [0, 0.1) is 0 Å². The highest BCUT2D eigenvalue weighted by atomic mass is 79.9. The quantitative estimate of drug-likeness (QED) is 0.640. The molecule has 0 saturated heterocycles. The van der Waals surface area contributed by atoms with Crippen molar-refractivity contribution in [3.8, 4) is 0 Å². The van der Waals surface area contributed by atoms with Crippen LogP contribution in [0.5, 0.6) is 0 Å². The van der Waals surface area contributed by atoms with Gasteiger partial charge in [0, 0.05) is 17.2 Å². The smallest absolute Gasteiger partial charge is 0.0233 e. The minimum Gasteiger partial charge on any atom is -0.299 e. The molecule has 0 fully saturated rings. The first kappa shape index (κ1) is 14.2. The number of rotatable bonds is 8. The summed E-state index contributed by atoms with van der Waals surface area (Å²) in [6.07, 6.45) is 2.43. The van der Waals surface area contributed by atoms with Crippen LogP contribution in [0.3, 0.4) is 0 Å². The lowest BCUT2D eigenvalue weighted by Crippen LogP contribution is -2.26. The Balaban J connectivity index is 2.42. The third kappa shape index (κ3) is 6.02. The zero-order chi connectivity index (χ0) is 11.6. The molecule has 0 amide bonds. The van der Waals surface area contributed by atoms with Gasteiger partial charge < -0.3 is 0 Å². The average Bonchev–Trinajstić information content (AvgIpc) is 2.34. The Bertz CT molecular complexity index is 256. The van der Waals surface area contributed by atoms with E-state index in [-0.39, 0.29) is 0 Å². The summed E-state index contributed by atoms with van der Waals surface area (Å²) in [6.45, 7) is 3.42. The highest BCUT2D eigenvalue weighted by molar-refractivity contribution is 9.09. The van der Waals surface area contributed by atoms with Crippen LogP contribution in [-0.4, -0.2) is 28.6 Å². The van der Waals surface area contributed by atoms with Crippen molar-refractivity contribution in [2.45, 2.75) is 19.4 Å². The molecule has 0 spiro atoms. The zero-order valence-electron chi connectivity index (χ0n) is 9.54. The maximum Gasteiger partial charge on any atom is 0.0233 e. The van der Waals surface area contributed by atoms with Gasteiger partial charge in [0.25, 0.3) is 0 Å². The molecule has 0 aliphatic rings. The highest BCUT2D eigenvalue weighted by Gasteiger charge is 2.04. The average molecular weight is 349 g/mol. The first-order valence-corrected chi connectivity index (χ1v) is 7.99. The fraction of sp³-hybridized carbons (Fsp3) is 0.538. The molecule has 0 saturated carbocycles. The molecule has 0 bridgehead atoms. The third-order valence-electron chi connectivity index (χ3n) is 2.46. The molecule has 0 aliphatic carbocycles. The van der Waals surface area contributed by atoms with Crippen molar-refractivity contribution < 1.29 is 0 Å². The first-order chi connectivity index (χ1) is 7.86. The molecule has 0 unspecified atom stereocenters. The summed E-state index contributed by atoms with van der Waals surface area (Å²) >= 11 is 6.99. The van der Waals surface area contributed by atoms with E-state index in [0.717, 1.165) is 17.2 Å². The lowest BCUT2D eigenvalue weighted by atomic mass is 10.2. The van der Waals surface area contributed by atoms with Crippen molar-refractivity contribution in [1.29, 1.82) is 0 Å². The minimum absolute atomic E-state index is 1.07. The molecular weight excluding hydrogens is 330 g/mol. The van der Waals surface area contributed by atoms with Gasteiger partial charge in [0.15, 0.2) is 0 Å². The summed E-state index contributed by atoms with van der Waals surface area (Å²) in [5, 5.41) is 2.18. The largest absolute Gasteiger partial charge is 0.299 e. The Morgan fingerprint density at radius 1 is 0.875 bits per heavy atom. The molecule has 16 heavy (non-hydrogen) atoms. The molecular formula is C13H19Br2N. The molecule has 1 aromatic rings. The third-order valence-corrected chi connectivity index (χ3v) is 3.59. The maximum atomic E-state index is 3.50. The van der Waals surface area contributed by atoms with Crippen molar-refractivity contribution in [2.75, 3.05) is 23.7 Å². The number of hydrogen-bond donors (Lipinski definition) is 0. The first-order valence-electron chi connectivity index (χ1n) is 5.75. The van der Waals surface area contributed by atoms with Crippen molar-refractivity contribution in [2.24, 2.45) is 0 Å². The molecule has 0 heterocycles. The van der Waals surface area contributed by atoms with Crippen LogP contribution in [-0.2, 0) is 6.54 Å². The number of benzene rings is 1. The summed E-state index contributed by atoms with van der Waals surface area (Å²) in [7, 11) is 0. The molecule has 0 aromatic heterocycles. The molecule has 1 rings (SSSR count). The van der Waals surface area contributed by atoms with Crippen molar-refractivity contribution in [3.05, 3.63) is 35.9 Å². The number of nitrogens with zero attached hydrogens (tertiary/aromatic N) is 1. The normalized spacial score (nSPS) is 10.9. The van der Waals surface area contributed by atoms with E-state index in [1.54, 1.807) is 0 Å². The van der Waals surface area contributed by atoms with Gasteiger partial charge in [0.2, 0.25) is 0 Å². The fourth-order valence-electron chi connectivity index (χ4n) is 1.68. The number of hydrogen-bond acceptors (Lipinski definition) is 1. The van der Waals surface area contributed by atoms with Gasteiger partial charge in [-0.1, -0.05) is 62.2 Å². The van der Waals surface area contributed by atoms with Crippen LogP contribution in [0.1, 0.15) is 18.4 Å². The van der Waals surface area contributed by atoms with Gasteiger partial charge in [0.05, 0.1) is 0 Å². The van der Waals surface area contributed by atoms with Crippen molar-refractivity contribution in [3.63, 3.8) is 0 Å². The van der Waals surface area contributed by atoms with Crippen LogP contribution in [0.25, 0.3) is 0 Å². The molecule has 1 aromatic carbocycles. The Hall–Kier alpha value is 0.140.